The number of hydrogen-bond acceptors (Lipinski definition) is 3. The standard InChI is InChI=1S/C38H36F4O2S/c1-5-29(22-34(40)25(3)43-4)38-33(39)17-11-27(21-36(38)42)8-7-26-9-13-30(14-10-26)32-16-15-31(23-35(32)41)37-18-12-28(24-45-37)19-20-44-6-2/h5-6,9-11,13-16,21-23,28,37H,2-3,12,17-20,24H2,1,4H3/b29-5+,34-22+. The molecule has 1 heterocycles. The van der Waals surface area contributed by atoms with Crippen molar-refractivity contribution in [2.24, 2.45) is 5.92 Å². The van der Waals surface area contributed by atoms with Gasteiger partial charge in [-0.2, -0.15) is 11.8 Å². The predicted molar refractivity (Wildman–Crippen MR) is 177 cm³/mol. The van der Waals surface area contributed by atoms with Gasteiger partial charge in [0.2, 0.25) is 0 Å². The van der Waals surface area contributed by atoms with E-state index in [-0.39, 0.29) is 40.0 Å². The average Bonchev–Trinajstić information content (AvgIpc) is 3.19. The summed E-state index contributed by atoms with van der Waals surface area (Å²) < 4.78 is 69.6. The maximum Gasteiger partial charge on any atom is 0.165 e. The van der Waals surface area contributed by atoms with Crippen molar-refractivity contribution in [3.63, 3.8) is 0 Å². The molecule has 0 saturated carbocycles. The number of rotatable bonds is 10. The quantitative estimate of drug-likeness (QED) is 0.0854. The Kier molecular flexibility index (Phi) is 12.2. The topological polar surface area (TPSA) is 18.5 Å². The van der Waals surface area contributed by atoms with Crippen molar-refractivity contribution < 1.29 is 27.0 Å². The zero-order chi connectivity index (χ0) is 32.3. The van der Waals surface area contributed by atoms with Gasteiger partial charge in [-0.15, -0.1) is 0 Å². The Bertz CT molecular complexity index is 1630. The number of thioether (sulfide) groups is 1. The van der Waals surface area contributed by atoms with Crippen LogP contribution in [-0.2, 0) is 9.47 Å². The van der Waals surface area contributed by atoms with Gasteiger partial charge in [0.05, 0.1) is 20.0 Å². The highest BCUT2D eigenvalue weighted by Gasteiger charge is 2.24. The number of ether oxygens (including phenoxy) is 2. The summed E-state index contributed by atoms with van der Waals surface area (Å²) in [7, 11) is 1.25. The van der Waals surface area contributed by atoms with Gasteiger partial charge in [0, 0.05) is 33.9 Å². The highest BCUT2D eigenvalue weighted by Crippen LogP contribution is 2.42. The van der Waals surface area contributed by atoms with Gasteiger partial charge in [-0.1, -0.05) is 61.4 Å². The second-order valence-electron chi connectivity index (χ2n) is 10.7. The van der Waals surface area contributed by atoms with Crippen LogP contribution in [0.15, 0.2) is 126 Å². The molecule has 0 radical (unpaired) electrons. The number of allylic oxidation sites excluding steroid dienone is 10. The molecule has 0 aromatic heterocycles. The third-order valence-electron chi connectivity index (χ3n) is 7.73. The van der Waals surface area contributed by atoms with Crippen LogP contribution in [0.5, 0.6) is 0 Å². The number of halogens is 4. The van der Waals surface area contributed by atoms with E-state index in [9.17, 15) is 8.78 Å². The van der Waals surface area contributed by atoms with Gasteiger partial charge in [0.15, 0.2) is 5.83 Å². The Morgan fingerprint density at radius 2 is 1.87 bits per heavy atom. The smallest absolute Gasteiger partial charge is 0.165 e. The van der Waals surface area contributed by atoms with E-state index < -0.39 is 17.5 Å². The largest absolute Gasteiger partial charge is 0.502 e. The molecule has 45 heavy (non-hydrogen) atoms. The van der Waals surface area contributed by atoms with Crippen molar-refractivity contribution in [1.82, 2.24) is 0 Å². The van der Waals surface area contributed by atoms with Crippen LogP contribution in [0.2, 0.25) is 0 Å². The molecule has 0 bridgehead atoms. The molecular formula is C38H36F4O2S. The summed E-state index contributed by atoms with van der Waals surface area (Å²) in [5.74, 6) is 4.49. The van der Waals surface area contributed by atoms with Crippen LogP contribution in [0.3, 0.4) is 0 Å². The van der Waals surface area contributed by atoms with Gasteiger partial charge in [-0.25, -0.2) is 17.6 Å². The van der Waals surface area contributed by atoms with Gasteiger partial charge < -0.3 is 9.47 Å². The molecule has 2 aromatic carbocycles. The maximum atomic E-state index is 15.2. The molecule has 1 aliphatic carbocycles. The minimum Gasteiger partial charge on any atom is -0.502 e. The Morgan fingerprint density at radius 3 is 2.51 bits per heavy atom. The zero-order valence-corrected chi connectivity index (χ0v) is 26.3. The molecule has 2 unspecified atom stereocenters. The van der Waals surface area contributed by atoms with Crippen molar-refractivity contribution in [3.8, 4) is 23.0 Å². The van der Waals surface area contributed by atoms with Gasteiger partial charge >= 0.3 is 0 Å². The summed E-state index contributed by atoms with van der Waals surface area (Å²) in [6, 6.07) is 12.6. The summed E-state index contributed by atoms with van der Waals surface area (Å²) in [6.45, 7) is 9.24. The first-order valence-corrected chi connectivity index (χ1v) is 15.8. The summed E-state index contributed by atoms with van der Waals surface area (Å²) in [5, 5.41) is 0.276. The van der Waals surface area contributed by atoms with Crippen LogP contribution in [0.4, 0.5) is 17.6 Å². The minimum absolute atomic E-state index is 0.0204. The summed E-state index contributed by atoms with van der Waals surface area (Å²) in [6.07, 6.45) is 9.37. The molecule has 1 aliphatic heterocycles. The van der Waals surface area contributed by atoms with Crippen LogP contribution in [-0.4, -0.2) is 19.5 Å². The molecule has 0 amide bonds. The fourth-order valence-electron chi connectivity index (χ4n) is 5.15. The molecule has 234 valence electrons. The van der Waals surface area contributed by atoms with Crippen molar-refractivity contribution in [2.75, 3.05) is 19.5 Å². The Labute approximate surface area is 267 Å². The van der Waals surface area contributed by atoms with Crippen molar-refractivity contribution >= 4 is 11.8 Å². The molecule has 7 heteroatoms. The lowest BCUT2D eigenvalue weighted by Crippen LogP contribution is -2.15. The predicted octanol–water partition coefficient (Wildman–Crippen LogP) is 10.9. The molecule has 0 spiro atoms. The zero-order valence-electron chi connectivity index (χ0n) is 25.5. The molecule has 2 nitrogen and oxygen atoms in total. The lowest BCUT2D eigenvalue weighted by molar-refractivity contribution is 0.222. The normalized spacial score (nSPS) is 19.1. The number of benzene rings is 2. The van der Waals surface area contributed by atoms with Gasteiger partial charge in [0.1, 0.15) is 23.2 Å². The fraction of sp³-hybridized carbons (Fsp3) is 0.263. The third kappa shape index (κ3) is 8.95. The van der Waals surface area contributed by atoms with Gasteiger partial charge in [-0.3, -0.25) is 0 Å². The van der Waals surface area contributed by atoms with Crippen molar-refractivity contribution in [1.29, 1.82) is 0 Å². The van der Waals surface area contributed by atoms with Crippen LogP contribution < -0.4 is 0 Å². The Morgan fingerprint density at radius 1 is 1.09 bits per heavy atom. The molecule has 1 saturated heterocycles. The molecule has 2 aliphatic rings. The van der Waals surface area contributed by atoms with Crippen LogP contribution in [0, 0.1) is 23.6 Å². The van der Waals surface area contributed by atoms with E-state index in [0.717, 1.165) is 42.7 Å². The summed E-state index contributed by atoms with van der Waals surface area (Å²) in [4.78, 5) is 0. The highest BCUT2D eigenvalue weighted by atomic mass is 32.2. The van der Waals surface area contributed by atoms with Crippen LogP contribution >= 0.6 is 11.8 Å². The molecule has 2 aromatic rings. The van der Waals surface area contributed by atoms with E-state index >= 15 is 8.78 Å². The third-order valence-corrected chi connectivity index (χ3v) is 9.31. The fourth-order valence-corrected chi connectivity index (χ4v) is 6.63. The van der Waals surface area contributed by atoms with E-state index in [2.05, 4.69) is 25.0 Å². The van der Waals surface area contributed by atoms with E-state index in [1.807, 2.05) is 23.9 Å². The number of hydrogen-bond donors (Lipinski definition) is 0. The first kappa shape index (κ1) is 33.7. The molecule has 2 atom stereocenters. The molecule has 1 fully saturated rings. The molecule has 0 N–H and O–H groups in total. The van der Waals surface area contributed by atoms with Gasteiger partial charge in [-0.05, 0) is 84.9 Å². The van der Waals surface area contributed by atoms with E-state index in [1.54, 1.807) is 37.3 Å². The van der Waals surface area contributed by atoms with Gasteiger partial charge in [0.25, 0.3) is 0 Å². The summed E-state index contributed by atoms with van der Waals surface area (Å²) >= 11 is 1.87. The summed E-state index contributed by atoms with van der Waals surface area (Å²) in [5.41, 5.74) is 2.81. The minimum atomic E-state index is -0.871. The first-order chi connectivity index (χ1) is 21.7. The lowest BCUT2D eigenvalue weighted by atomic mass is 9.95. The first-order valence-electron chi connectivity index (χ1n) is 14.7. The second kappa shape index (κ2) is 16.2. The van der Waals surface area contributed by atoms with Crippen LogP contribution in [0.1, 0.15) is 49.0 Å². The Hall–Kier alpha value is -4.15. The Balaban J connectivity index is 1.42. The molecular weight excluding hydrogens is 596 g/mol. The monoisotopic (exact) mass is 632 g/mol. The average molecular weight is 633 g/mol. The van der Waals surface area contributed by atoms with Crippen molar-refractivity contribution in [3.05, 3.63) is 143 Å². The maximum absolute atomic E-state index is 15.2. The van der Waals surface area contributed by atoms with Crippen molar-refractivity contribution in [2.45, 2.75) is 37.9 Å². The highest BCUT2D eigenvalue weighted by molar-refractivity contribution is 7.99. The lowest BCUT2D eigenvalue weighted by Gasteiger charge is -2.28. The van der Waals surface area contributed by atoms with E-state index in [1.165, 1.54) is 25.5 Å². The molecule has 4 rings (SSSR count). The van der Waals surface area contributed by atoms with Crippen LogP contribution in [0.25, 0.3) is 11.1 Å². The second-order valence-corrected chi connectivity index (χ2v) is 11.9. The SMILES string of the molecule is C=COCCC1CCC(c2ccc(-c3ccc(C#CC4=CCC(F)=C(C(/C=C(/F)C(=C)OC)=C/C)C(F)=C4)cc3)c(F)c2)SC1. The number of methoxy groups -OCH3 is 1. The van der Waals surface area contributed by atoms with E-state index in [0.29, 0.717) is 29.2 Å². The van der Waals surface area contributed by atoms with E-state index in [4.69, 9.17) is 9.47 Å².